The number of nitrogens with one attached hydrogen (secondary N) is 1. The fourth-order valence-corrected chi connectivity index (χ4v) is 2.98. The Morgan fingerprint density at radius 3 is 2.90 bits per heavy atom. The second-order valence-electron chi connectivity index (χ2n) is 5.17. The van der Waals surface area contributed by atoms with Gasteiger partial charge in [-0.25, -0.2) is 0 Å². The van der Waals surface area contributed by atoms with Crippen LogP contribution in [0.3, 0.4) is 0 Å². The van der Waals surface area contributed by atoms with Crippen molar-refractivity contribution in [2.24, 2.45) is 5.92 Å². The zero-order chi connectivity index (χ0) is 14.5. The third-order valence-electron chi connectivity index (χ3n) is 3.81. The number of methoxy groups -OCH3 is 1. The first-order valence-electron chi connectivity index (χ1n) is 6.91. The highest BCUT2D eigenvalue weighted by Gasteiger charge is 2.23. The first kappa shape index (κ1) is 15.3. The lowest BCUT2D eigenvalue weighted by Gasteiger charge is -2.27. The predicted molar refractivity (Wildman–Crippen MR) is 81.0 cm³/mol. The molecular weight excluding hydrogens is 322 g/mol. The Kier molecular flexibility index (Phi) is 5.43. The van der Waals surface area contributed by atoms with Crippen LogP contribution in [0, 0.1) is 5.92 Å². The van der Waals surface area contributed by atoms with E-state index in [9.17, 15) is 9.90 Å². The van der Waals surface area contributed by atoms with Crippen LogP contribution in [0.5, 0.6) is 5.75 Å². The van der Waals surface area contributed by atoms with Gasteiger partial charge in [-0.15, -0.1) is 0 Å². The van der Waals surface area contributed by atoms with Crippen LogP contribution in [-0.4, -0.2) is 30.8 Å². The van der Waals surface area contributed by atoms with E-state index in [0.29, 0.717) is 17.9 Å². The van der Waals surface area contributed by atoms with E-state index < -0.39 is 0 Å². The van der Waals surface area contributed by atoms with Gasteiger partial charge in [0.05, 0.1) is 18.8 Å². The molecule has 2 N–H and O–H groups in total. The maximum atomic E-state index is 12.2. The maximum absolute atomic E-state index is 12.2. The maximum Gasteiger partial charge on any atom is 0.252 e. The van der Waals surface area contributed by atoms with E-state index in [1.54, 1.807) is 25.3 Å². The largest absolute Gasteiger partial charge is 0.497 e. The summed E-state index contributed by atoms with van der Waals surface area (Å²) in [6.45, 7) is 0.518. The molecule has 1 aromatic rings. The zero-order valence-electron chi connectivity index (χ0n) is 11.6. The lowest BCUT2D eigenvalue weighted by atomic mass is 9.86. The van der Waals surface area contributed by atoms with Crippen molar-refractivity contribution in [1.29, 1.82) is 0 Å². The molecule has 1 aliphatic carbocycles. The van der Waals surface area contributed by atoms with Gasteiger partial charge < -0.3 is 15.2 Å². The summed E-state index contributed by atoms with van der Waals surface area (Å²) in [4.78, 5) is 12.2. The topological polar surface area (TPSA) is 58.6 Å². The first-order chi connectivity index (χ1) is 9.61. The molecule has 1 amide bonds. The molecule has 1 aliphatic rings. The molecule has 0 unspecified atom stereocenters. The zero-order valence-corrected chi connectivity index (χ0v) is 13.1. The van der Waals surface area contributed by atoms with Crippen molar-refractivity contribution in [3.63, 3.8) is 0 Å². The molecule has 0 aliphatic heterocycles. The number of ether oxygens (including phenoxy) is 1. The number of rotatable bonds is 4. The fraction of sp³-hybridized carbons (Fsp3) is 0.533. The third kappa shape index (κ3) is 3.73. The summed E-state index contributed by atoms with van der Waals surface area (Å²) >= 11 is 3.37. The van der Waals surface area contributed by atoms with Gasteiger partial charge in [-0.2, -0.15) is 0 Å². The van der Waals surface area contributed by atoms with Crippen LogP contribution in [-0.2, 0) is 0 Å². The summed E-state index contributed by atoms with van der Waals surface area (Å²) in [7, 11) is 1.57. The number of halogens is 1. The van der Waals surface area contributed by atoms with Gasteiger partial charge in [-0.3, -0.25) is 4.79 Å². The molecule has 0 spiro atoms. The Morgan fingerprint density at radius 2 is 2.20 bits per heavy atom. The van der Waals surface area contributed by atoms with E-state index in [4.69, 9.17) is 4.74 Å². The predicted octanol–water partition coefficient (Wildman–Crippen LogP) is 2.74. The van der Waals surface area contributed by atoms with Gasteiger partial charge in [0.2, 0.25) is 0 Å². The second kappa shape index (κ2) is 7.09. The fourth-order valence-electron chi connectivity index (χ4n) is 2.55. The molecule has 0 bridgehead atoms. The molecule has 2 atom stereocenters. The number of hydrogen-bond donors (Lipinski definition) is 2. The van der Waals surface area contributed by atoms with Crippen LogP contribution in [0.25, 0.3) is 0 Å². The van der Waals surface area contributed by atoms with E-state index in [1.165, 1.54) is 0 Å². The van der Waals surface area contributed by atoms with E-state index >= 15 is 0 Å². The van der Waals surface area contributed by atoms with Crippen LogP contribution >= 0.6 is 15.9 Å². The smallest absolute Gasteiger partial charge is 0.252 e. The van der Waals surface area contributed by atoms with Crippen molar-refractivity contribution in [2.75, 3.05) is 13.7 Å². The van der Waals surface area contributed by atoms with Crippen LogP contribution < -0.4 is 10.1 Å². The minimum atomic E-state index is -0.294. The van der Waals surface area contributed by atoms with Gasteiger partial charge in [0.25, 0.3) is 5.91 Å². The summed E-state index contributed by atoms with van der Waals surface area (Å²) in [6, 6.07) is 5.30. The van der Waals surface area contributed by atoms with Crippen molar-refractivity contribution in [1.82, 2.24) is 5.32 Å². The molecular formula is C15H20BrNO3. The molecule has 1 saturated carbocycles. The molecule has 0 aromatic heterocycles. The van der Waals surface area contributed by atoms with E-state index in [1.807, 2.05) is 0 Å². The summed E-state index contributed by atoms with van der Waals surface area (Å²) in [6.07, 6.45) is 3.72. The highest BCUT2D eigenvalue weighted by atomic mass is 79.9. The van der Waals surface area contributed by atoms with Crippen LogP contribution in [0.15, 0.2) is 22.7 Å². The van der Waals surface area contributed by atoms with Gasteiger partial charge in [-0.05, 0) is 47.0 Å². The van der Waals surface area contributed by atoms with E-state index in [-0.39, 0.29) is 17.9 Å². The molecule has 110 valence electrons. The SMILES string of the molecule is COc1ccc(Br)c(C(=O)NC[C@H]2CCCC[C@@H]2O)c1. The average Bonchev–Trinajstić information content (AvgIpc) is 2.46. The highest BCUT2D eigenvalue weighted by Crippen LogP contribution is 2.25. The Hall–Kier alpha value is -1.07. The lowest BCUT2D eigenvalue weighted by Crippen LogP contribution is -2.36. The number of hydrogen-bond acceptors (Lipinski definition) is 3. The molecule has 2 rings (SSSR count). The molecule has 4 nitrogen and oxygen atoms in total. The van der Waals surface area contributed by atoms with Gasteiger partial charge >= 0.3 is 0 Å². The minimum Gasteiger partial charge on any atom is -0.497 e. The second-order valence-corrected chi connectivity index (χ2v) is 6.02. The summed E-state index contributed by atoms with van der Waals surface area (Å²) in [5, 5.41) is 12.8. The van der Waals surface area contributed by atoms with Crippen molar-refractivity contribution in [3.05, 3.63) is 28.2 Å². The quantitative estimate of drug-likeness (QED) is 0.885. The number of aliphatic hydroxyl groups is 1. The number of amides is 1. The van der Waals surface area contributed by atoms with Gasteiger partial charge in [-0.1, -0.05) is 12.8 Å². The Labute approximate surface area is 127 Å². The van der Waals surface area contributed by atoms with Gasteiger partial charge in [0, 0.05) is 16.9 Å². The molecule has 1 fully saturated rings. The Balaban J connectivity index is 1.97. The third-order valence-corrected chi connectivity index (χ3v) is 4.50. The summed E-state index contributed by atoms with van der Waals surface area (Å²) in [5.41, 5.74) is 0.551. The normalized spacial score (nSPS) is 22.4. The van der Waals surface area contributed by atoms with Crippen molar-refractivity contribution < 1.29 is 14.6 Å². The summed E-state index contributed by atoms with van der Waals surface area (Å²) in [5.74, 6) is 0.668. The van der Waals surface area contributed by atoms with Crippen LogP contribution in [0.4, 0.5) is 0 Å². The number of carbonyl (C=O) groups excluding carboxylic acids is 1. The Bertz CT molecular complexity index is 478. The first-order valence-corrected chi connectivity index (χ1v) is 7.71. The van der Waals surface area contributed by atoms with Crippen molar-refractivity contribution >= 4 is 21.8 Å². The highest BCUT2D eigenvalue weighted by molar-refractivity contribution is 9.10. The standard InChI is InChI=1S/C15H20BrNO3/c1-20-11-6-7-13(16)12(8-11)15(19)17-9-10-4-2-3-5-14(10)18/h6-8,10,14,18H,2-5,9H2,1H3,(H,17,19)/t10-,14+/m1/s1. The molecule has 1 aromatic carbocycles. The van der Waals surface area contributed by atoms with Crippen molar-refractivity contribution in [2.45, 2.75) is 31.8 Å². The summed E-state index contributed by atoms with van der Waals surface area (Å²) < 4.78 is 5.87. The number of carbonyl (C=O) groups is 1. The molecule has 0 radical (unpaired) electrons. The lowest BCUT2D eigenvalue weighted by molar-refractivity contribution is 0.0662. The molecule has 0 saturated heterocycles. The van der Waals surface area contributed by atoms with Gasteiger partial charge in [0.15, 0.2) is 0 Å². The van der Waals surface area contributed by atoms with Gasteiger partial charge in [0.1, 0.15) is 5.75 Å². The van der Waals surface area contributed by atoms with Crippen molar-refractivity contribution in [3.8, 4) is 5.75 Å². The van der Waals surface area contributed by atoms with E-state index in [2.05, 4.69) is 21.2 Å². The van der Waals surface area contributed by atoms with Crippen LogP contribution in [0.1, 0.15) is 36.0 Å². The Morgan fingerprint density at radius 1 is 1.45 bits per heavy atom. The molecule has 5 heteroatoms. The number of aliphatic hydroxyl groups excluding tert-OH is 1. The molecule has 20 heavy (non-hydrogen) atoms. The monoisotopic (exact) mass is 341 g/mol. The number of benzene rings is 1. The van der Waals surface area contributed by atoms with Crippen LogP contribution in [0.2, 0.25) is 0 Å². The molecule has 0 heterocycles. The minimum absolute atomic E-state index is 0.145. The average molecular weight is 342 g/mol. The van der Waals surface area contributed by atoms with E-state index in [0.717, 1.165) is 30.2 Å².